The van der Waals surface area contributed by atoms with Gasteiger partial charge in [-0.15, -0.1) is 0 Å². The fourth-order valence-electron chi connectivity index (χ4n) is 2.18. The van der Waals surface area contributed by atoms with Gasteiger partial charge in [-0.2, -0.15) is 8.78 Å². The van der Waals surface area contributed by atoms with Crippen LogP contribution < -0.4 is 4.74 Å². The molecule has 0 N–H and O–H groups in total. The van der Waals surface area contributed by atoms with Gasteiger partial charge in [0.2, 0.25) is 0 Å². The summed E-state index contributed by atoms with van der Waals surface area (Å²) >= 11 is 6.37. The predicted octanol–water partition coefficient (Wildman–Crippen LogP) is 4.92. The maximum absolute atomic E-state index is 12.2. The Hall–Kier alpha value is -1.42. The number of fused-ring (bicyclic) bond motifs is 1. The molecule has 0 aliphatic carbocycles. The summed E-state index contributed by atoms with van der Waals surface area (Å²) in [5.74, 6) is 0.300. The largest absolute Gasteiger partial charge is 0.435 e. The van der Waals surface area contributed by atoms with Crippen molar-refractivity contribution in [2.24, 2.45) is 0 Å². The van der Waals surface area contributed by atoms with Crippen molar-refractivity contribution in [3.8, 4) is 5.75 Å². The number of halogens is 3. The van der Waals surface area contributed by atoms with Gasteiger partial charge < -0.3 is 4.74 Å². The zero-order valence-corrected chi connectivity index (χ0v) is 11.6. The molecule has 19 heavy (non-hydrogen) atoms. The summed E-state index contributed by atoms with van der Waals surface area (Å²) in [4.78, 5) is 4.45. The SMILES string of the molecule is Cc1nc2ccc(OC(F)F)cc2c(Cl)c1C(C)C. The number of hydrogen-bond acceptors (Lipinski definition) is 2. The highest BCUT2D eigenvalue weighted by atomic mass is 35.5. The van der Waals surface area contributed by atoms with Gasteiger partial charge in [0.25, 0.3) is 0 Å². The molecular weight excluding hydrogens is 272 g/mol. The Balaban J connectivity index is 2.63. The summed E-state index contributed by atoms with van der Waals surface area (Å²) in [7, 11) is 0. The van der Waals surface area contributed by atoms with Crippen LogP contribution >= 0.6 is 11.6 Å². The van der Waals surface area contributed by atoms with Gasteiger partial charge in [-0.3, -0.25) is 4.98 Å². The third-order valence-corrected chi connectivity index (χ3v) is 3.33. The summed E-state index contributed by atoms with van der Waals surface area (Å²) in [5, 5.41) is 1.19. The van der Waals surface area contributed by atoms with Gasteiger partial charge in [0.1, 0.15) is 5.75 Å². The second kappa shape index (κ2) is 5.29. The van der Waals surface area contributed by atoms with E-state index in [1.54, 1.807) is 6.07 Å². The molecule has 0 saturated carbocycles. The highest BCUT2D eigenvalue weighted by Crippen LogP contribution is 2.34. The number of hydrogen-bond donors (Lipinski definition) is 0. The number of aromatic nitrogens is 1. The van der Waals surface area contributed by atoms with Crippen molar-refractivity contribution >= 4 is 22.5 Å². The fraction of sp³-hybridized carbons (Fsp3) is 0.357. The van der Waals surface area contributed by atoms with E-state index in [0.717, 1.165) is 11.3 Å². The highest BCUT2D eigenvalue weighted by Gasteiger charge is 2.15. The van der Waals surface area contributed by atoms with Crippen LogP contribution in [0.5, 0.6) is 5.75 Å². The molecule has 1 aromatic carbocycles. The molecule has 1 heterocycles. The summed E-state index contributed by atoms with van der Waals surface area (Å²) in [5.41, 5.74) is 2.46. The third kappa shape index (κ3) is 2.78. The standard InChI is InChI=1S/C14H14ClF2NO/c1-7(2)12-8(3)18-11-5-4-9(19-14(16)17)6-10(11)13(12)15/h4-7,14H,1-3H3. The third-order valence-electron chi connectivity index (χ3n) is 2.92. The molecule has 0 radical (unpaired) electrons. The monoisotopic (exact) mass is 285 g/mol. The lowest BCUT2D eigenvalue weighted by molar-refractivity contribution is -0.0497. The molecule has 0 aliphatic heterocycles. The molecule has 2 aromatic rings. The van der Waals surface area contributed by atoms with Crippen LogP contribution in [0.1, 0.15) is 31.0 Å². The number of ether oxygens (including phenoxy) is 1. The number of pyridine rings is 1. The number of aryl methyl sites for hydroxylation is 1. The Morgan fingerprint density at radius 2 is 1.95 bits per heavy atom. The predicted molar refractivity (Wildman–Crippen MR) is 72.2 cm³/mol. The van der Waals surface area contributed by atoms with E-state index in [1.807, 2.05) is 20.8 Å². The highest BCUT2D eigenvalue weighted by molar-refractivity contribution is 6.36. The Morgan fingerprint density at radius 3 is 2.53 bits per heavy atom. The number of benzene rings is 1. The van der Waals surface area contributed by atoms with Crippen molar-refractivity contribution in [1.29, 1.82) is 0 Å². The molecule has 0 amide bonds. The summed E-state index contributed by atoms with van der Waals surface area (Å²) in [6, 6.07) is 4.60. The van der Waals surface area contributed by atoms with E-state index in [-0.39, 0.29) is 11.7 Å². The van der Waals surface area contributed by atoms with E-state index in [2.05, 4.69) is 9.72 Å². The smallest absolute Gasteiger partial charge is 0.387 e. The van der Waals surface area contributed by atoms with E-state index in [1.165, 1.54) is 12.1 Å². The minimum absolute atomic E-state index is 0.0877. The lowest BCUT2D eigenvalue weighted by Gasteiger charge is -2.14. The van der Waals surface area contributed by atoms with Crippen molar-refractivity contribution in [2.45, 2.75) is 33.3 Å². The number of nitrogens with zero attached hydrogens (tertiary/aromatic N) is 1. The minimum Gasteiger partial charge on any atom is -0.435 e. The quantitative estimate of drug-likeness (QED) is 0.798. The van der Waals surface area contributed by atoms with E-state index in [0.29, 0.717) is 15.9 Å². The molecule has 0 saturated heterocycles. The van der Waals surface area contributed by atoms with Crippen molar-refractivity contribution in [3.63, 3.8) is 0 Å². The summed E-state index contributed by atoms with van der Waals surface area (Å²) in [6.45, 7) is 3.08. The number of rotatable bonds is 3. The average Bonchev–Trinajstić information content (AvgIpc) is 2.28. The van der Waals surface area contributed by atoms with Gasteiger partial charge in [0.15, 0.2) is 0 Å². The Morgan fingerprint density at radius 1 is 1.26 bits per heavy atom. The second-order valence-corrected chi connectivity index (χ2v) is 5.01. The van der Waals surface area contributed by atoms with Gasteiger partial charge in [-0.25, -0.2) is 0 Å². The van der Waals surface area contributed by atoms with Gasteiger partial charge >= 0.3 is 6.61 Å². The first kappa shape index (κ1) is 14.0. The van der Waals surface area contributed by atoms with Crippen molar-refractivity contribution < 1.29 is 13.5 Å². The van der Waals surface area contributed by atoms with Crippen LogP contribution in [-0.2, 0) is 0 Å². The van der Waals surface area contributed by atoms with Gasteiger partial charge in [-0.1, -0.05) is 25.4 Å². The molecule has 0 bridgehead atoms. The maximum Gasteiger partial charge on any atom is 0.387 e. The molecule has 5 heteroatoms. The fourth-order valence-corrected chi connectivity index (χ4v) is 2.69. The molecule has 1 aromatic heterocycles. The van der Waals surface area contributed by atoms with Gasteiger partial charge in [0, 0.05) is 11.1 Å². The van der Waals surface area contributed by atoms with Crippen LogP contribution in [0.25, 0.3) is 10.9 Å². The molecular formula is C14H14ClF2NO. The Bertz CT molecular complexity index is 614. The van der Waals surface area contributed by atoms with Crippen LogP contribution in [0.3, 0.4) is 0 Å². The first-order valence-corrected chi connectivity index (χ1v) is 6.32. The second-order valence-electron chi connectivity index (χ2n) is 4.64. The van der Waals surface area contributed by atoms with Crippen LogP contribution in [0, 0.1) is 6.92 Å². The van der Waals surface area contributed by atoms with Crippen LogP contribution in [0.4, 0.5) is 8.78 Å². The molecule has 0 unspecified atom stereocenters. The van der Waals surface area contributed by atoms with Crippen molar-refractivity contribution in [1.82, 2.24) is 4.98 Å². The van der Waals surface area contributed by atoms with Crippen LogP contribution in [0.2, 0.25) is 5.02 Å². The molecule has 0 atom stereocenters. The number of alkyl halides is 2. The first-order valence-electron chi connectivity index (χ1n) is 5.94. The van der Waals surface area contributed by atoms with Crippen LogP contribution in [0.15, 0.2) is 18.2 Å². The molecule has 2 rings (SSSR count). The van der Waals surface area contributed by atoms with Crippen molar-refractivity contribution in [3.05, 3.63) is 34.5 Å². The molecule has 102 valence electrons. The lowest BCUT2D eigenvalue weighted by Crippen LogP contribution is -2.02. The Kier molecular flexibility index (Phi) is 3.90. The summed E-state index contributed by atoms with van der Waals surface area (Å²) in [6.07, 6.45) is 0. The van der Waals surface area contributed by atoms with E-state index in [4.69, 9.17) is 11.6 Å². The van der Waals surface area contributed by atoms with E-state index < -0.39 is 6.61 Å². The van der Waals surface area contributed by atoms with Crippen molar-refractivity contribution in [2.75, 3.05) is 0 Å². The lowest BCUT2D eigenvalue weighted by atomic mass is 9.99. The Labute approximate surface area is 115 Å². The van der Waals surface area contributed by atoms with Gasteiger partial charge in [-0.05, 0) is 36.6 Å². The van der Waals surface area contributed by atoms with E-state index >= 15 is 0 Å². The normalized spacial score (nSPS) is 11.6. The maximum atomic E-state index is 12.2. The zero-order valence-electron chi connectivity index (χ0n) is 10.9. The summed E-state index contributed by atoms with van der Waals surface area (Å²) < 4.78 is 28.8. The molecule has 2 nitrogen and oxygen atoms in total. The zero-order chi connectivity index (χ0) is 14.2. The van der Waals surface area contributed by atoms with E-state index in [9.17, 15) is 8.78 Å². The minimum atomic E-state index is -2.85. The molecule has 0 spiro atoms. The topological polar surface area (TPSA) is 22.1 Å². The van der Waals surface area contributed by atoms with Crippen LogP contribution in [-0.4, -0.2) is 11.6 Å². The average molecular weight is 286 g/mol. The molecule has 0 fully saturated rings. The van der Waals surface area contributed by atoms with Gasteiger partial charge in [0.05, 0.1) is 10.5 Å². The first-order chi connectivity index (χ1) is 8.90. The molecule has 0 aliphatic rings.